The molecule has 2 aromatic rings. The molecule has 0 aliphatic carbocycles. The van der Waals surface area contributed by atoms with Crippen molar-refractivity contribution in [1.82, 2.24) is 4.31 Å². The largest absolute Gasteiger partial charge is 0.482 e. The van der Waals surface area contributed by atoms with Crippen molar-refractivity contribution in [1.29, 1.82) is 0 Å². The highest BCUT2D eigenvalue weighted by atomic mass is 32.2. The van der Waals surface area contributed by atoms with Crippen molar-refractivity contribution < 1.29 is 27.5 Å². The second kappa shape index (κ2) is 8.71. The number of ketones is 1. The number of ether oxygens (including phenoxy) is 1. The van der Waals surface area contributed by atoms with E-state index in [1.807, 2.05) is 0 Å². The number of sulfonamides is 1. The van der Waals surface area contributed by atoms with Crippen LogP contribution in [0.25, 0.3) is 0 Å². The maximum atomic E-state index is 13.2. The molecule has 10 heteroatoms. The summed E-state index contributed by atoms with van der Waals surface area (Å²) in [6.07, 6.45) is 1.11. The van der Waals surface area contributed by atoms with Gasteiger partial charge in [-0.3, -0.25) is 14.4 Å². The zero-order valence-corrected chi connectivity index (χ0v) is 18.3. The molecule has 2 aromatic carbocycles. The van der Waals surface area contributed by atoms with Crippen molar-refractivity contribution >= 4 is 39.0 Å². The molecule has 0 bridgehead atoms. The summed E-state index contributed by atoms with van der Waals surface area (Å²) in [5.74, 6) is -0.782. The summed E-state index contributed by atoms with van der Waals surface area (Å²) in [4.78, 5) is 35.7. The molecule has 2 aliphatic heterocycles. The number of nitrogens with one attached hydrogen (secondary N) is 2. The fourth-order valence-electron chi connectivity index (χ4n) is 3.78. The number of rotatable bonds is 5. The minimum absolute atomic E-state index is 0.0305. The van der Waals surface area contributed by atoms with Crippen LogP contribution in [0.3, 0.4) is 0 Å². The van der Waals surface area contributed by atoms with E-state index in [1.165, 1.54) is 29.4 Å². The van der Waals surface area contributed by atoms with E-state index in [0.717, 1.165) is 0 Å². The normalized spacial score (nSPS) is 18.8. The van der Waals surface area contributed by atoms with Gasteiger partial charge in [-0.25, -0.2) is 8.42 Å². The molecule has 1 fully saturated rings. The zero-order chi connectivity index (χ0) is 22.9. The van der Waals surface area contributed by atoms with Crippen molar-refractivity contribution in [3.8, 4) is 5.75 Å². The highest BCUT2D eigenvalue weighted by molar-refractivity contribution is 7.89. The Morgan fingerprint density at radius 2 is 1.91 bits per heavy atom. The van der Waals surface area contributed by atoms with Gasteiger partial charge in [-0.15, -0.1) is 0 Å². The molecule has 1 atom stereocenters. The number of anilines is 2. The van der Waals surface area contributed by atoms with Crippen LogP contribution in [0.15, 0.2) is 47.4 Å². The first-order chi connectivity index (χ1) is 15.2. The molecule has 32 heavy (non-hydrogen) atoms. The van der Waals surface area contributed by atoms with Gasteiger partial charge in [0.15, 0.2) is 12.4 Å². The molecule has 2 aliphatic rings. The van der Waals surface area contributed by atoms with Gasteiger partial charge < -0.3 is 15.4 Å². The molecule has 2 N–H and O–H groups in total. The quantitative estimate of drug-likeness (QED) is 0.664. The number of nitrogens with zero attached hydrogens (tertiary/aromatic N) is 1. The number of amides is 2. The molecule has 168 valence electrons. The summed E-state index contributed by atoms with van der Waals surface area (Å²) in [5.41, 5.74) is 1.40. The van der Waals surface area contributed by atoms with Gasteiger partial charge in [0.1, 0.15) is 5.75 Å². The molecule has 0 spiro atoms. The first-order valence-corrected chi connectivity index (χ1v) is 11.7. The highest BCUT2D eigenvalue weighted by Gasteiger charge is 2.34. The maximum Gasteiger partial charge on any atom is 0.262 e. The Morgan fingerprint density at radius 3 is 2.62 bits per heavy atom. The van der Waals surface area contributed by atoms with Crippen molar-refractivity contribution in [3.05, 3.63) is 48.0 Å². The van der Waals surface area contributed by atoms with Gasteiger partial charge in [-0.2, -0.15) is 4.31 Å². The zero-order valence-electron chi connectivity index (χ0n) is 17.5. The van der Waals surface area contributed by atoms with Crippen LogP contribution in [0.4, 0.5) is 11.4 Å². The van der Waals surface area contributed by atoms with E-state index >= 15 is 0 Å². The number of piperidine rings is 1. The Bertz CT molecular complexity index is 1180. The predicted molar refractivity (Wildman–Crippen MR) is 117 cm³/mol. The summed E-state index contributed by atoms with van der Waals surface area (Å²) in [6.45, 7) is 1.71. The Kier molecular flexibility index (Phi) is 5.98. The average molecular weight is 458 g/mol. The van der Waals surface area contributed by atoms with Crippen LogP contribution in [0.5, 0.6) is 5.75 Å². The molecule has 0 unspecified atom stereocenters. The standard InChI is InChI=1S/C22H23N3O6S/c1-14(26)15-4-6-17(7-5-15)23-22(28)16-3-2-10-25(12-16)32(29,30)18-8-9-20-19(11-18)24-21(27)13-31-20/h4-9,11,16H,2-3,10,12-13H2,1H3,(H,23,28)(H,24,27)/t16-/m0/s1. The third kappa shape index (κ3) is 4.51. The van der Waals surface area contributed by atoms with Crippen molar-refractivity contribution in [3.63, 3.8) is 0 Å². The third-order valence-corrected chi connectivity index (χ3v) is 7.40. The lowest BCUT2D eigenvalue weighted by atomic mass is 9.98. The van der Waals surface area contributed by atoms with Crippen LogP contribution in [-0.4, -0.2) is 50.0 Å². The SMILES string of the molecule is CC(=O)c1ccc(NC(=O)[C@H]2CCCN(S(=O)(=O)c3ccc4c(c3)NC(=O)CO4)C2)cc1. The van der Waals surface area contributed by atoms with Crippen LogP contribution in [0, 0.1) is 5.92 Å². The summed E-state index contributed by atoms with van der Waals surface area (Å²) < 4.78 is 33.0. The van der Waals surface area contributed by atoms with E-state index in [-0.39, 0.29) is 35.6 Å². The summed E-state index contributed by atoms with van der Waals surface area (Å²) in [5, 5.41) is 5.41. The Morgan fingerprint density at radius 1 is 1.16 bits per heavy atom. The van der Waals surface area contributed by atoms with E-state index in [1.54, 1.807) is 24.3 Å². The van der Waals surface area contributed by atoms with Gasteiger partial charge in [-0.1, -0.05) is 0 Å². The summed E-state index contributed by atoms with van der Waals surface area (Å²) in [7, 11) is -3.86. The van der Waals surface area contributed by atoms with E-state index in [9.17, 15) is 22.8 Å². The number of benzene rings is 2. The Hall–Kier alpha value is -3.24. The lowest BCUT2D eigenvalue weighted by molar-refractivity contribution is -0.121. The Balaban J connectivity index is 1.47. The first kappa shape index (κ1) is 22.0. The second-order valence-electron chi connectivity index (χ2n) is 7.82. The number of carbonyl (C=O) groups excluding carboxylic acids is 3. The Labute approximate surface area is 185 Å². The molecule has 1 saturated heterocycles. The monoisotopic (exact) mass is 457 g/mol. The van der Waals surface area contributed by atoms with Crippen LogP contribution >= 0.6 is 0 Å². The smallest absolute Gasteiger partial charge is 0.262 e. The fourth-order valence-corrected chi connectivity index (χ4v) is 5.33. The fraction of sp³-hybridized carbons (Fsp3) is 0.318. The van der Waals surface area contributed by atoms with Gasteiger partial charge in [0.2, 0.25) is 15.9 Å². The predicted octanol–water partition coefficient (Wildman–Crippen LogP) is 2.26. The van der Waals surface area contributed by atoms with E-state index in [0.29, 0.717) is 42.1 Å². The molecular formula is C22H23N3O6S. The van der Waals surface area contributed by atoms with Gasteiger partial charge in [0.05, 0.1) is 16.5 Å². The number of Topliss-reactive ketones (excluding diaryl/α,β-unsaturated/α-hetero) is 1. The molecule has 9 nitrogen and oxygen atoms in total. The van der Waals surface area contributed by atoms with Gasteiger partial charge in [-0.05, 0) is 62.2 Å². The first-order valence-electron chi connectivity index (χ1n) is 10.2. The van der Waals surface area contributed by atoms with Crippen molar-refractivity contribution in [2.75, 3.05) is 30.3 Å². The van der Waals surface area contributed by atoms with Gasteiger partial charge in [0, 0.05) is 24.3 Å². The van der Waals surface area contributed by atoms with E-state index in [2.05, 4.69) is 10.6 Å². The lowest BCUT2D eigenvalue weighted by Gasteiger charge is -2.31. The molecule has 0 aromatic heterocycles. The molecule has 4 rings (SSSR count). The maximum absolute atomic E-state index is 13.2. The molecule has 2 amide bonds. The van der Waals surface area contributed by atoms with E-state index < -0.39 is 15.9 Å². The molecule has 0 radical (unpaired) electrons. The topological polar surface area (TPSA) is 122 Å². The van der Waals surface area contributed by atoms with Gasteiger partial charge >= 0.3 is 0 Å². The molecular weight excluding hydrogens is 434 g/mol. The minimum Gasteiger partial charge on any atom is -0.482 e. The van der Waals surface area contributed by atoms with Crippen LogP contribution < -0.4 is 15.4 Å². The highest BCUT2D eigenvalue weighted by Crippen LogP contribution is 2.32. The molecule has 2 heterocycles. The number of fused-ring (bicyclic) bond motifs is 1. The number of hydrogen-bond donors (Lipinski definition) is 2. The van der Waals surface area contributed by atoms with Crippen LogP contribution in [0.1, 0.15) is 30.1 Å². The third-order valence-electron chi connectivity index (χ3n) is 5.54. The minimum atomic E-state index is -3.86. The lowest BCUT2D eigenvalue weighted by Crippen LogP contribution is -2.43. The van der Waals surface area contributed by atoms with Crippen molar-refractivity contribution in [2.24, 2.45) is 5.92 Å². The summed E-state index contributed by atoms with van der Waals surface area (Å²) in [6, 6.07) is 10.9. The van der Waals surface area contributed by atoms with Crippen LogP contribution in [-0.2, 0) is 19.6 Å². The average Bonchev–Trinajstić information content (AvgIpc) is 2.79. The van der Waals surface area contributed by atoms with Crippen LogP contribution in [0.2, 0.25) is 0 Å². The van der Waals surface area contributed by atoms with Crippen molar-refractivity contribution in [2.45, 2.75) is 24.7 Å². The second-order valence-corrected chi connectivity index (χ2v) is 9.76. The number of hydrogen-bond acceptors (Lipinski definition) is 6. The summed E-state index contributed by atoms with van der Waals surface area (Å²) >= 11 is 0. The molecule has 0 saturated carbocycles. The van der Waals surface area contributed by atoms with Gasteiger partial charge in [0.25, 0.3) is 5.91 Å². The van der Waals surface area contributed by atoms with E-state index in [4.69, 9.17) is 4.74 Å². The number of carbonyl (C=O) groups is 3.